The molecule has 2 bridgehead atoms. The highest BCUT2D eigenvalue weighted by Crippen LogP contribution is 2.64. The van der Waals surface area contributed by atoms with E-state index in [9.17, 15) is 9.59 Å². The Morgan fingerprint density at radius 1 is 0.689 bits per heavy atom. The molecule has 0 unspecified atom stereocenters. The van der Waals surface area contributed by atoms with Crippen LogP contribution in [0, 0.1) is 19.3 Å². The maximum Gasteiger partial charge on any atom is 0.343 e. The first-order valence-electron chi connectivity index (χ1n) is 15.5. The smallest absolute Gasteiger partial charge is 0.343 e. The molecule has 224 valence electrons. The van der Waals surface area contributed by atoms with Crippen LogP contribution in [0.15, 0.2) is 109 Å². The Labute approximate surface area is 264 Å². The molecule has 4 heteroatoms. The maximum absolute atomic E-state index is 13.7. The minimum absolute atomic E-state index is 0.202. The molecular weight excluding hydrogens is 556 g/mol. The van der Waals surface area contributed by atoms with Gasteiger partial charge in [-0.25, -0.2) is 4.79 Å². The standard InChI is InChI=1S/C41H36O4/c1-25-18-20-27(21-19-25)38(42)44-34-23-22-33(45-39(43)40(3,4)5)36-35-29-14-8-10-16-31(29)41(37(34)36,32-17-11-9-15-30(32)35)24-28-13-7-6-12-26(28)2/h6-23,35H,24H2,1-5H3. The molecule has 0 saturated heterocycles. The Balaban J connectivity index is 1.54. The van der Waals surface area contributed by atoms with E-state index in [0.29, 0.717) is 23.5 Å². The van der Waals surface area contributed by atoms with Crippen LogP contribution in [0.5, 0.6) is 11.5 Å². The van der Waals surface area contributed by atoms with E-state index >= 15 is 0 Å². The molecule has 0 fully saturated rings. The van der Waals surface area contributed by atoms with E-state index in [1.165, 1.54) is 33.4 Å². The number of benzene rings is 5. The molecule has 0 amide bonds. The third kappa shape index (κ3) is 4.59. The van der Waals surface area contributed by atoms with E-state index in [4.69, 9.17) is 9.47 Å². The molecule has 0 saturated carbocycles. The molecule has 0 N–H and O–H groups in total. The molecule has 0 atom stereocenters. The topological polar surface area (TPSA) is 52.6 Å². The zero-order valence-corrected chi connectivity index (χ0v) is 26.3. The summed E-state index contributed by atoms with van der Waals surface area (Å²) in [5.74, 6) is 0.0413. The van der Waals surface area contributed by atoms with Crippen molar-refractivity contribution < 1.29 is 19.1 Å². The van der Waals surface area contributed by atoms with Crippen molar-refractivity contribution in [2.45, 2.75) is 52.4 Å². The summed E-state index contributed by atoms with van der Waals surface area (Å²) in [7, 11) is 0. The van der Waals surface area contributed by atoms with Gasteiger partial charge in [-0.2, -0.15) is 0 Å². The van der Waals surface area contributed by atoms with Crippen LogP contribution in [0.2, 0.25) is 0 Å². The fourth-order valence-corrected chi connectivity index (χ4v) is 7.12. The Hall–Kier alpha value is -4.96. The lowest BCUT2D eigenvalue weighted by Crippen LogP contribution is -2.44. The van der Waals surface area contributed by atoms with Gasteiger partial charge in [0.1, 0.15) is 11.5 Å². The number of aryl methyl sites for hydroxylation is 2. The molecule has 0 heterocycles. The van der Waals surface area contributed by atoms with Crippen LogP contribution in [-0.2, 0) is 16.6 Å². The Morgan fingerprint density at radius 2 is 1.27 bits per heavy atom. The van der Waals surface area contributed by atoms with Crippen molar-refractivity contribution in [2.75, 3.05) is 0 Å². The summed E-state index contributed by atoms with van der Waals surface area (Å²) in [6.07, 6.45) is 0.638. The van der Waals surface area contributed by atoms with Crippen LogP contribution < -0.4 is 9.47 Å². The van der Waals surface area contributed by atoms with Crippen molar-refractivity contribution >= 4 is 11.9 Å². The average molecular weight is 593 g/mol. The number of hydrogen-bond acceptors (Lipinski definition) is 4. The lowest BCUT2D eigenvalue weighted by Gasteiger charge is -2.51. The van der Waals surface area contributed by atoms with E-state index in [1.54, 1.807) is 18.2 Å². The molecule has 3 aliphatic carbocycles. The first-order chi connectivity index (χ1) is 21.6. The van der Waals surface area contributed by atoms with Crippen LogP contribution in [0.4, 0.5) is 0 Å². The second-order valence-corrected chi connectivity index (χ2v) is 13.4. The minimum Gasteiger partial charge on any atom is -0.426 e. The summed E-state index contributed by atoms with van der Waals surface area (Å²) in [4.78, 5) is 27.1. The molecule has 0 aromatic heterocycles. The Morgan fingerprint density at radius 3 is 1.89 bits per heavy atom. The normalized spacial score (nSPS) is 17.6. The van der Waals surface area contributed by atoms with E-state index in [0.717, 1.165) is 16.7 Å². The molecule has 5 aromatic carbocycles. The fraction of sp³-hybridized carbons (Fsp3) is 0.220. The minimum atomic E-state index is -0.712. The predicted octanol–water partition coefficient (Wildman–Crippen LogP) is 8.86. The number of rotatable bonds is 5. The Bertz CT molecular complexity index is 1930. The van der Waals surface area contributed by atoms with Gasteiger partial charge >= 0.3 is 11.9 Å². The first-order valence-corrected chi connectivity index (χ1v) is 15.5. The highest BCUT2D eigenvalue weighted by atomic mass is 16.5. The molecule has 0 radical (unpaired) electrons. The molecule has 4 nitrogen and oxygen atoms in total. The molecule has 5 aromatic rings. The SMILES string of the molecule is Cc1ccc(C(=O)Oc2ccc(OC(=O)C(C)(C)C)c3c2C2(Cc4ccccc4C)c4ccccc4C3c3ccccc32)cc1. The lowest BCUT2D eigenvalue weighted by atomic mass is 9.51. The second-order valence-electron chi connectivity index (χ2n) is 13.4. The van der Waals surface area contributed by atoms with Gasteiger partial charge in [0.25, 0.3) is 0 Å². The maximum atomic E-state index is 13.7. The van der Waals surface area contributed by atoms with Crippen LogP contribution in [0.3, 0.4) is 0 Å². The average Bonchev–Trinajstić information content (AvgIpc) is 3.03. The summed E-state index contributed by atoms with van der Waals surface area (Å²) < 4.78 is 12.6. The van der Waals surface area contributed by atoms with Crippen molar-refractivity contribution in [3.63, 3.8) is 0 Å². The summed E-state index contributed by atoms with van der Waals surface area (Å²) in [6, 6.07) is 36.6. The first kappa shape index (κ1) is 28.8. The van der Waals surface area contributed by atoms with Crippen molar-refractivity contribution in [3.8, 4) is 11.5 Å². The summed E-state index contributed by atoms with van der Waals surface area (Å²) in [5.41, 5.74) is 8.98. The van der Waals surface area contributed by atoms with E-state index in [1.807, 2.05) is 45.9 Å². The van der Waals surface area contributed by atoms with Gasteiger partial charge in [0.2, 0.25) is 0 Å². The van der Waals surface area contributed by atoms with Gasteiger partial charge in [-0.1, -0.05) is 90.5 Å². The van der Waals surface area contributed by atoms with Crippen LogP contribution >= 0.6 is 0 Å². The summed E-state index contributed by atoms with van der Waals surface area (Å²) in [5, 5.41) is 0. The van der Waals surface area contributed by atoms with Crippen molar-refractivity contribution in [1.82, 2.24) is 0 Å². The predicted molar refractivity (Wildman–Crippen MR) is 176 cm³/mol. The molecule has 0 spiro atoms. The highest BCUT2D eigenvalue weighted by Gasteiger charge is 2.54. The summed E-state index contributed by atoms with van der Waals surface area (Å²) in [6.45, 7) is 9.70. The number of carbonyl (C=O) groups is 2. The van der Waals surface area contributed by atoms with Crippen LogP contribution in [0.25, 0.3) is 0 Å². The molecular formula is C41H36O4. The quantitative estimate of drug-likeness (QED) is 0.151. The fourth-order valence-electron chi connectivity index (χ4n) is 7.12. The summed E-state index contributed by atoms with van der Waals surface area (Å²) >= 11 is 0. The van der Waals surface area contributed by atoms with Crippen LogP contribution in [-0.4, -0.2) is 11.9 Å². The van der Waals surface area contributed by atoms with E-state index < -0.39 is 16.8 Å². The van der Waals surface area contributed by atoms with Gasteiger partial charge in [-0.15, -0.1) is 0 Å². The van der Waals surface area contributed by atoms with Gasteiger partial charge in [-0.05, 0) is 98.7 Å². The van der Waals surface area contributed by atoms with E-state index in [2.05, 4.69) is 79.7 Å². The van der Waals surface area contributed by atoms with E-state index in [-0.39, 0.29) is 11.9 Å². The second kappa shape index (κ2) is 10.6. The third-order valence-corrected chi connectivity index (χ3v) is 9.37. The monoisotopic (exact) mass is 592 g/mol. The Kier molecular flexibility index (Phi) is 6.77. The van der Waals surface area contributed by atoms with Crippen molar-refractivity contribution in [2.24, 2.45) is 5.41 Å². The number of carbonyl (C=O) groups excluding carboxylic acids is 2. The van der Waals surface area contributed by atoms with Gasteiger partial charge in [0, 0.05) is 17.0 Å². The van der Waals surface area contributed by atoms with Crippen molar-refractivity contribution in [3.05, 3.63) is 165 Å². The zero-order valence-electron chi connectivity index (χ0n) is 26.3. The van der Waals surface area contributed by atoms with Gasteiger partial charge in [-0.3, -0.25) is 4.79 Å². The van der Waals surface area contributed by atoms with Gasteiger partial charge in [0.05, 0.1) is 16.4 Å². The number of esters is 2. The number of ether oxygens (including phenoxy) is 2. The lowest BCUT2D eigenvalue weighted by molar-refractivity contribution is -0.143. The largest absolute Gasteiger partial charge is 0.426 e. The van der Waals surface area contributed by atoms with Crippen molar-refractivity contribution in [1.29, 1.82) is 0 Å². The third-order valence-electron chi connectivity index (χ3n) is 9.37. The highest BCUT2D eigenvalue weighted by molar-refractivity contribution is 5.92. The molecule has 3 aliphatic rings. The van der Waals surface area contributed by atoms with Crippen LogP contribution in [0.1, 0.15) is 87.1 Å². The molecule has 8 rings (SSSR count). The van der Waals surface area contributed by atoms with Gasteiger partial charge < -0.3 is 9.47 Å². The molecule has 0 aliphatic heterocycles. The number of hydrogen-bond donors (Lipinski definition) is 0. The zero-order chi connectivity index (χ0) is 31.5. The molecule has 45 heavy (non-hydrogen) atoms. The van der Waals surface area contributed by atoms with Gasteiger partial charge in [0.15, 0.2) is 0 Å².